The maximum absolute atomic E-state index is 13.7. The zero-order valence-electron chi connectivity index (χ0n) is 10.0. The quantitative estimate of drug-likeness (QED) is 0.746. The van der Waals surface area contributed by atoms with Crippen LogP contribution in [-0.2, 0) is 0 Å². The van der Waals surface area contributed by atoms with Gasteiger partial charge in [0.1, 0.15) is 30.1 Å². The average Bonchev–Trinajstić information content (AvgIpc) is 2.73. The molecule has 9 heteroatoms. The van der Waals surface area contributed by atoms with E-state index in [-0.39, 0.29) is 6.67 Å². The minimum Gasteiger partial charge on any atom is -0.335 e. The Hall–Kier alpha value is -2.37. The highest BCUT2D eigenvalue weighted by Crippen LogP contribution is 2.29. The normalized spacial score (nSPS) is 15.3. The Bertz CT molecular complexity index is 616. The first kappa shape index (κ1) is 14.0. The molecule has 1 heterocycles. The van der Waals surface area contributed by atoms with Crippen LogP contribution in [0.2, 0.25) is 0 Å². The number of hydrogen-bond donors (Lipinski definition) is 0. The fourth-order valence-electron chi connectivity index (χ4n) is 1.71. The van der Waals surface area contributed by atoms with Crippen molar-refractivity contribution in [3.8, 4) is 6.07 Å². The summed E-state index contributed by atoms with van der Waals surface area (Å²) in [6.07, 6.45) is -4.69. The van der Waals surface area contributed by atoms with E-state index in [1.54, 1.807) is 0 Å². The molecule has 0 saturated heterocycles. The van der Waals surface area contributed by atoms with Gasteiger partial charge < -0.3 is 4.90 Å². The van der Waals surface area contributed by atoms with Crippen LogP contribution in [0.15, 0.2) is 17.2 Å². The van der Waals surface area contributed by atoms with Gasteiger partial charge in [0.2, 0.25) is 5.84 Å². The first-order valence-electron chi connectivity index (χ1n) is 5.27. The first-order chi connectivity index (χ1) is 9.24. The van der Waals surface area contributed by atoms with Crippen molar-refractivity contribution in [2.45, 2.75) is 6.18 Å². The number of halogens is 5. The predicted molar refractivity (Wildman–Crippen MR) is 59.7 cm³/mol. The van der Waals surface area contributed by atoms with E-state index in [1.165, 1.54) is 6.07 Å². The Kier molecular flexibility index (Phi) is 3.25. The molecule has 1 aliphatic rings. The zero-order valence-corrected chi connectivity index (χ0v) is 10.0. The summed E-state index contributed by atoms with van der Waals surface area (Å²) in [5.41, 5.74) is -0.994. The molecule has 0 amide bonds. The van der Waals surface area contributed by atoms with Crippen molar-refractivity contribution in [1.29, 1.82) is 5.26 Å². The number of nitrogens with zero attached hydrogens (tertiary/aromatic N) is 4. The van der Waals surface area contributed by atoms with Crippen molar-refractivity contribution in [2.75, 3.05) is 18.7 Å². The lowest BCUT2D eigenvalue weighted by Gasteiger charge is -2.17. The van der Waals surface area contributed by atoms with Crippen molar-refractivity contribution >= 4 is 11.5 Å². The molecule has 0 aliphatic carbocycles. The largest absolute Gasteiger partial charge is 0.451 e. The van der Waals surface area contributed by atoms with Crippen LogP contribution in [0.1, 0.15) is 5.56 Å². The van der Waals surface area contributed by atoms with E-state index in [0.717, 1.165) is 11.9 Å². The summed E-state index contributed by atoms with van der Waals surface area (Å²) in [7, 11) is 1.13. The van der Waals surface area contributed by atoms with Gasteiger partial charge in [-0.15, -0.1) is 5.10 Å². The van der Waals surface area contributed by atoms with Gasteiger partial charge >= 0.3 is 6.18 Å². The number of alkyl halides is 3. The van der Waals surface area contributed by atoms with Gasteiger partial charge in [-0.3, -0.25) is 0 Å². The Balaban J connectivity index is 2.43. The van der Waals surface area contributed by atoms with Crippen LogP contribution in [-0.4, -0.2) is 30.6 Å². The molecule has 0 unspecified atom stereocenters. The van der Waals surface area contributed by atoms with E-state index in [9.17, 15) is 22.0 Å². The summed E-state index contributed by atoms with van der Waals surface area (Å²) in [5.74, 6) is -3.26. The molecule has 1 aromatic carbocycles. The van der Waals surface area contributed by atoms with Gasteiger partial charge in [0.05, 0.1) is 5.56 Å². The third-order valence-corrected chi connectivity index (χ3v) is 2.61. The topological polar surface area (TPSA) is 42.6 Å². The molecule has 0 radical (unpaired) electrons. The number of hydrogen-bond acceptors (Lipinski definition) is 4. The Labute approximate surface area is 110 Å². The van der Waals surface area contributed by atoms with Gasteiger partial charge in [-0.1, -0.05) is 0 Å². The molecule has 20 heavy (non-hydrogen) atoms. The van der Waals surface area contributed by atoms with Crippen LogP contribution in [0.4, 0.5) is 27.6 Å². The first-order valence-corrected chi connectivity index (χ1v) is 5.27. The Morgan fingerprint density at radius 3 is 2.40 bits per heavy atom. The third kappa shape index (κ3) is 2.36. The molecule has 0 aromatic heterocycles. The number of rotatable bonds is 1. The standard InChI is InChI=1S/C11H7F5N4/c1-19-5-20(18-10(19)11(14,15)16)9-3-7(12)6(4-17)2-8(9)13/h2-3H,5H2,1H3. The zero-order chi connectivity index (χ0) is 15.1. The van der Waals surface area contributed by atoms with Gasteiger partial charge in [-0.25, -0.2) is 13.8 Å². The number of nitriles is 1. The summed E-state index contributed by atoms with van der Waals surface area (Å²) in [5, 5.41) is 12.4. The summed E-state index contributed by atoms with van der Waals surface area (Å²) in [4.78, 5) is 0.759. The van der Waals surface area contributed by atoms with E-state index in [2.05, 4.69) is 5.10 Å². The average molecular weight is 290 g/mol. The number of hydrazone groups is 1. The lowest BCUT2D eigenvalue weighted by molar-refractivity contribution is -0.0663. The van der Waals surface area contributed by atoms with Gasteiger partial charge in [0.15, 0.2) is 0 Å². The van der Waals surface area contributed by atoms with E-state index >= 15 is 0 Å². The van der Waals surface area contributed by atoms with Crippen LogP contribution in [0.5, 0.6) is 0 Å². The van der Waals surface area contributed by atoms with E-state index in [0.29, 0.717) is 17.1 Å². The van der Waals surface area contributed by atoms with Gasteiger partial charge in [-0.05, 0) is 6.07 Å². The molecule has 0 atom stereocenters. The second-order valence-electron chi connectivity index (χ2n) is 4.06. The SMILES string of the molecule is CN1CN(c2cc(F)c(C#N)cc2F)N=C1C(F)(F)F. The summed E-state index contributed by atoms with van der Waals surface area (Å²) >= 11 is 0. The van der Waals surface area contributed by atoms with Crippen LogP contribution < -0.4 is 5.01 Å². The third-order valence-electron chi connectivity index (χ3n) is 2.61. The minimum absolute atomic E-state index is 0.378. The van der Waals surface area contributed by atoms with Crippen molar-refractivity contribution in [3.05, 3.63) is 29.3 Å². The molecule has 0 N–H and O–H groups in total. The molecule has 4 nitrogen and oxygen atoms in total. The smallest absolute Gasteiger partial charge is 0.335 e. The second kappa shape index (κ2) is 4.63. The second-order valence-corrected chi connectivity index (χ2v) is 4.06. The van der Waals surface area contributed by atoms with Crippen molar-refractivity contribution < 1.29 is 22.0 Å². The highest BCUT2D eigenvalue weighted by molar-refractivity contribution is 5.90. The molecule has 1 aliphatic heterocycles. The highest BCUT2D eigenvalue weighted by Gasteiger charge is 2.43. The van der Waals surface area contributed by atoms with Crippen molar-refractivity contribution in [1.82, 2.24) is 4.90 Å². The Morgan fingerprint density at radius 1 is 1.25 bits per heavy atom. The molecular formula is C11H7F5N4. The lowest BCUT2D eigenvalue weighted by atomic mass is 10.2. The van der Waals surface area contributed by atoms with Crippen molar-refractivity contribution in [2.24, 2.45) is 5.10 Å². The van der Waals surface area contributed by atoms with Crippen LogP contribution in [0.3, 0.4) is 0 Å². The molecule has 0 saturated carbocycles. The van der Waals surface area contributed by atoms with E-state index in [1.807, 2.05) is 0 Å². The molecule has 0 fully saturated rings. The minimum atomic E-state index is -4.69. The number of benzene rings is 1. The summed E-state index contributed by atoms with van der Waals surface area (Å²) in [6, 6.07) is 2.70. The van der Waals surface area contributed by atoms with Gasteiger partial charge in [-0.2, -0.15) is 18.4 Å². The maximum atomic E-state index is 13.7. The van der Waals surface area contributed by atoms with Gasteiger partial charge in [0.25, 0.3) is 0 Å². The van der Waals surface area contributed by atoms with Crippen LogP contribution in [0, 0.1) is 23.0 Å². The maximum Gasteiger partial charge on any atom is 0.451 e. The number of anilines is 1. The molecule has 0 bridgehead atoms. The predicted octanol–water partition coefficient (Wildman–Crippen LogP) is 2.42. The lowest BCUT2D eigenvalue weighted by Crippen LogP contribution is -2.36. The van der Waals surface area contributed by atoms with Crippen LogP contribution in [0.25, 0.3) is 0 Å². The molecule has 2 rings (SSSR count). The molecular weight excluding hydrogens is 283 g/mol. The Morgan fingerprint density at radius 2 is 1.90 bits per heavy atom. The van der Waals surface area contributed by atoms with E-state index in [4.69, 9.17) is 5.26 Å². The molecule has 106 valence electrons. The summed E-state index contributed by atoms with van der Waals surface area (Å²) in [6.45, 7) is -0.378. The van der Waals surface area contributed by atoms with E-state index < -0.39 is 34.9 Å². The number of amidine groups is 1. The summed E-state index contributed by atoms with van der Waals surface area (Å²) < 4.78 is 64.9. The fraction of sp³-hybridized carbons (Fsp3) is 0.273. The van der Waals surface area contributed by atoms with Crippen molar-refractivity contribution in [3.63, 3.8) is 0 Å². The molecule has 0 spiro atoms. The highest BCUT2D eigenvalue weighted by atomic mass is 19.4. The van der Waals surface area contributed by atoms with Crippen LogP contribution >= 0.6 is 0 Å². The molecule has 1 aromatic rings. The van der Waals surface area contributed by atoms with Gasteiger partial charge in [0, 0.05) is 13.1 Å². The fourth-order valence-corrected chi connectivity index (χ4v) is 1.71. The monoisotopic (exact) mass is 290 g/mol.